The van der Waals surface area contributed by atoms with Gasteiger partial charge in [0.05, 0.1) is 6.10 Å². The molecule has 102 valence electrons. The molecule has 0 radical (unpaired) electrons. The van der Waals surface area contributed by atoms with E-state index in [1.54, 1.807) is 0 Å². The molecule has 17 heavy (non-hydrogen) atoms. The van der Waals surface area contributed by atoms with Crippen LogP contribution < -0.4 is 10.9 Å². The second kappa shape index (κ2) is 10.5. The fourth-order valence-corrected chi connectivity index (χ4v) is 1.50. The third kappa shape index (κ3) is 10.3. The Bertz CT molecular complexity index is 196. The number of carbonyl (C=O) groups is 1. The number of ether oxygens (including phenoxy) is 1. The lowest BCUT2D eigenvalue weighted by Crippen LogP contribution is -2.41. The summed E-state index contributed by atoms with van der Waals surface area (Å²) >= 11 is 0. The molecule has 2 N–H and O–H groups in total. The summed E-state index contributed by atoms with van der Waals surface area (Å²) in [6.45, 7) is 8.95. The zero-order valence-corrected chi connectivity index (χ0v) is 11.7. The molecule has 1 amide bonds. The van der Waals surface area contributed by atoms with E-state index >= 15 is 0 Å². The first kappa shape index (κ1) is 16.4. The Labute approximate surface area is 105 Å². The largest absolute Gasteiger partial charge is 0.378 e. The van der Waals surface area contributed by atoms with Gasteiger partial charge in [0.25, 0.3) is 0 Å². The topological polar surface area (TPSA) is 50.4 Å². The number of rotatable bonds is 10. The first-order valence-corrected chi connectivity index (χ1v) is 6.76. The van der Waals surface area contributed by atoms with E-state index in [-0.39, 0.29) is 11.9 Å². The van der Waals surface area contributed by atoms with Crippen molar-refractivity contribution in [1.29, 1.82) is 0 Å². The smallest absolute Gasteiger partial charge is 0.234 e. The average Bonchev–Trinajstić information content (AvgIpc) is 2.30. The van der Waals surface area contributed by atoms with E-state index in [9.17, 15) is 4.79 Å². The van der Waals surface area contributed by atoms with Crippen molar-refractivity contribution in [2.75, 3.05) is 6.61 Å². The zero-order chi connectivity index (χ0) is 13.1. The molecule has 0 aromatic rings. The van der Waals surface area contributed by atoms with Gasteiger partial charge in [-0.05, 0) is 33.1 Å². The lowest BCUT2D eigenvalue weighted by molar-refractivity contribution is -0.122. The van der Waals surface area contributed by atoms with Crippen LogP contribution in [0, 0.1) is 0 Å². The van der Waals surface area contributed by atoms with Gasteiger partial charge in [0, 0.05) is 19.1 Å². The predicted molar refractivity (Wildman–Crippen MR) is 70.6 cm³/mol. The van der Waals surface area contributed by atoms with Gasteiger partial charge >= 0.3 is 0 Å². The summed E-state index contributed by atoms with van der Waals surface area (Å²) in [5.41, 5.74) is 5.55. The predicted octanol–water partition coefficient (Wildman–Crippen LogP) is 2.39. The van der Waals surface area contributed by atoms with Gasteiger partial charge in [-0.3, -0.25) is 10.2 Å². The summed E-state index contributed by atoms with van der Waals surface area (Å²) in [5, 5.41) is 0. The maximum Gasteiger partial charge on any atom is 0.234 e. The molecule has 1 unspecified atom stereocenters. The Morgan fingerprint density at radius 2 is 2.00 bits per heavy atom. The number of nitrogens with one attached hydrogen (secondary N) is 2. The van der Waals surface area contributed by atoms with Gasteiger partial charge in [0.15, 0.2) is 0 Å². The van der Waals surface area contributed by atoms with Crippen molar-refractivity contribution in [1.82, 2.24) is 10.9 Å². The number of hydrogen-bond donors (Lipinski definition) is 2. The Morgan fingerprint density at radius 1 is 1.29 bits per heavy atom. The van der Waals surface area contributed by atoms with E-state index < -0.39 is 0 Å². The van der Waals surface area contributed by atoms with Crippen LogP contribution >= 0.6 is 0 Å². The van der Waals surface area contributed by atoms with E-state index in [1.165, 1.54) is 0 Å². The first-order chi connectivity index (χ1) is 8.10. The van der Waals surface area contributed by atoms with Crippen molar-refractivity contribution in [3.05, 3.63) is 0 Å². The summed E-state index contributed by atoms with van der Waals surface area (Å²) in [5.74, 6) is 0.0332. The molecule has 0 aliphatic rings. The fourth-order valence-electron chi connectivity index (χ4n) is 1.50. The van der Waals surface area contributed by atoms with Crippen LogP contribution in [0.15, 0.2) is 0 Å². The SMILES string of the molecule is CCCC(CC)OCCCC(=O)NNC(C)C. The molecule has 0 aliphatic carbocycles. The summed E-state index contributed by atoms with van der Waals surface area (Å²) in [6, 6.07) is 0.268. The van der Waals surface area contributed by atoms with Crippen LogP contribution in [-0.2, 0) is 9.53 Å². The number of hydrazine groups is 1. The molecule has 0 spiro atoms. The van der Waals surface area contributed by atoms with Crippen molar-refractivity contribution in [2.45, 2.75) is 71.9 Å². The van der Waals surface area contributed by atoms with Crippen LogP contribution in [0.4, 0.5) is 0 Å². The van der Waals surface area contributed by atoms with Gasteiger partial charge in [-0.1, -0.05) is 20.3 Å². The lowest BCUT2D eigenvalue weighted by atomic mass is 10.1. The minimum Gasteiger partial charge on any atom is -0.378 e. The molecule has 0 aliphatic heterocycles. The molecule has 0 rings (SSSR count). The highest BCUT2D eigenvalue weighted by Gasteiger charge is 2.06. The average molecular weight is 244 g/mol. The van der Waals surface area contributed by atoms with Gasteiger partial charge in [-0.25, -0.2) is 5.43 Å². The molecule has 0 saturated carbocycles. The minimum absolute atomic E-state index is 0.0332. The van der Waals surface area contributed by atoms with Gasteiger partial charge in [-0.15, -0.1) is 0 Å². The van der Waals surface area contributed by atoms with Crippen LogP contribution in [0.1, 0.15) is 59.8 Å². The lowest BCUT2D eigenvalue weighted by Gasteiger charge is -2.15. The second-order valence-corrected chi connectivity index (χ2v) is 4.64. The summed E-state index contributed by atoms with van der Waals surface area (Å²) < 4.78 is 5.71. The van der Waals surface area contributed by atoms with Crippen LogP contribution in [0.2, 0.25) is 0 Å². The van der Waals surface area contributed by atoms with Crippen LogP contribution in [-0.4, -0.2) is 24.7 Å². The molecular formula is C13H28N2O2. The Kier molecular flexibility index (Phi) is 10.2. The highest BCUT2D eigenvalue weighted by Crippen LogP contribution is 2.07. The normalized spacial score (nSPS) is 12.8. The number of amides is 1. The van der Waals surface area contributed by atoms with E-state index in [4.69, 9.17) is 4.74 Å². The van der Waals surface area contributed by atoms with Crippen LogP contribution in [0.25, 0.3) is 0 Å². The third-order valence-corrected chi connectivity index (χ3v) is 2.47. The van der Waals surface area contributed by atoms with Crippen molar-refractivity contribution in [2.24, 2.45) is 0 Å². The molecule has 4 heteroatoms. The summed E-state index contributed by atoms with van der Waals surface area (Å²) in [7, 11) is 0. The molecule has 4 nitrogen and oxygen atoms in total. The molecule has 0 aromatic carbocycles. The molecule has 0 aromatic heterocycles. The molecule has 0 heterocycles. The van der Waals surface area contributed by atoms with Crippen molar-refractivity contribution < 1.29 is 9.53 Å². The van der Waals surface area contributed by atoms with Crippen molar-refractivity contribution in [3.63, 3.8) is 0 Å². The highest BCUT2D eigenvalue weighted by molar-refractivity contribution is 5.75. The van der Waals surface area contributed by atoms with Gasteiger partial charge < -0.3 is 4.74 Å². The maximum absolute atomic E-state index is 11.4. The summed E-state index contributed by atoms with van der Waals surface area (Å²) in [4.78, 5) is 11.4. The molecular weight excluding hydrogens is 216 g/mol. The molecule has 0 saturated heterocycles. The number of carbonyl (C=O) groups excluding carboxylic acids is 1. The highest BCUT2D eigenvalue weighted by atomic mass is 16.5. The monoisotopic (exact) mass is 244 g/mol. The van der Waals surface area contributed by atoms with E-state index in [0.717, 1.165) is 25.7 Å². The van der Waals surface area contributed by atoms with Gasteiger partial charge in [0.2, 0.25) is 5.91 Å². The third-order valence-electron chi connectivity index (χ3n) is 2.47. The standard InChI is InChI=1S/C13H28N2O2/c1-5-8-12(6-2)17-10-7-9-13(16)15-14-11(3)4/h11-12,14H,5-10H2,1-4H3,(H,15,16). The first-order valence-electron chi connectivity index (χ1n) is 6.76. The number of hydrogen-bond acceptors (Lipinski definition) is 3. The second-order valence-electron chi connectivity index (χ2n) is 4.64. The fraction of sp³-hybridized carbons (Fsp3) is 0.923. The molecule has 0 bridgehead atoms. The van der Waals surface area contributed by atoms with E-state index in [0.29, 0.717) is 19.1 Å². The minimum atomic E-state index is 0.0332. The molecule has 1 atom stereocenters. The Morgan fingerprint density at radius 3 is 2.53 bits per heavy atom. The quantitative estimate of drug-likeness (QED) is 0.458. The van der Waals surface area contributed by atoms with E-state index in [1.807, 2.05) is 13.8 Å². The summed E-state index contributed by atoms with van der Waals surface area (Å²) in [6.07, 6.45) is 4.97. The maximum atomic E-state index is 11.4. The van der Waals surface area contributed by atoms with Gasteiger partial charge in [-0.2, -0.15) is 0 Å². The van der Waals surface area contributed by atoms with Crippen molar-refractivity contribution in [3.8, 4) is 0 Å². The van der Waals surface area contributed by atoms with Crippen LogP contribution in [0.5, 0.6) is 0 Å². The van der Waals surface area contributed by atoms with Crippen molar-refractivity contribution >= 4 is 5.91 Å². The Hall–Kier alpha value is -0.610. The van der Waals surface area contributed by atoms with E-state index in [2.05, 4.69) is 24.7 Å². The zero-order valence-electron chi connectivity index (χ0n) is 11.7. The van der Waals surface area contributed by atoms with Gasteiger partial charge in [0.1, 0.15) is 0 Å². The van der Waals surface area contributed by atoms with Crippen LogP contribution in [0.3, 0.4) is 0 Å². The molecule has 0 fully saturated rings. The Balaban J connectivity index is 3.46.